The SMILES string of the molecule is O=C(O)c1ccc(S(=O)CCC(F)(F)F)cc1. The van der Waals surface area contributed by atoms with Crippen LogP contribution in [0.2, 0.25) is 0 Å². The number of halogens is 3. The van der Waals surface area contributed by atoms with Crippen molar-refractivity contribution >= 4 is 16.8 Å². The Labute approximate surface area is 97.7 Å². The van der Waals surface area contributed by atoms with Crippen molar-refractivity contribution in [1.82, 2.24) is 0 Å². The highest BCUT2D eigenvalue weighted by Gasteiger charge is 2.27. The molecule has 0 bridgehead atoms. The first-order valence-corrected chi connectivity index (χ1v) is 5.90. The van der Waals surface area contributed by atoms with Crippen molar-refractivity contribution in [3.63, 3.8) is 0 Å². The van der Waals surface area contributed by atoms with E-state index in [2.05, 4.69) is 0 Å². The van der Waals surface area contributed by atoms with Crippen molar-refractivity contribution < 1.29 is 27.3 Å². The first kappa shape index (κ1) is 13.7. The smallest absolute Gasteiger partial charge is 0.390 e. The van der Waals surface area contributed by atoms with Gasteiger partial charge in [-0.3, -0.25) is 4.21 Å². The molecule has 3 nitrogen and oxygen atoms in total. The lowest BCUT2D eigenvalue weighted by Crippen LogP contribution is -2.12. The summed E-state index contributed by atoms with van der Waals surface area (Å²) in [7, 11) is -1.76. The number of carboxylic acid groups (broad SMARTS) is 1. The summed E-state index contributed by atoms with van der Waals surface area (Å²) < 4.78 is 47.1. The molecule has 0 fully saturated rings. The summed E-state index contributed by atoms with van der Waals surface area (Å²) in [5, 5.41) is 8.60. The third-order valence-corrected chi connectivity index (χ3v) is 3.31. The number of hydrogen-bond donors (Lipinski definition) is 1. The third kappa shape index (κ3) is 4.56. The summed E-state index contributed by atoms with van der Waals surface area (Å²) in [5.41, 5.74) is 0.00145. The number of hydrogen-bond acceptors (Lipinski definition) is 2. The second-order valence-electron chi connectivity index (χ2n) is 3.24. The number of aromatic carboxylic acids is 1. The lowest BCUT2D eigenvalue weighted by atomic mass is 10.2. The average molecular weight is 266 g/mol. The van der Waals surface area contributed by atoms with Gasteiger partial charge >= 0.3 is 12.1 Å². The maximum Gasteiger partial charge on any atom is 0.390 e. The number of alkyl halides is 3. The van der Waals surface area contributed by atoms with Gasteiger partial charge in [-0.1, -0.05) is 0 Å². The van der Waals surface area contributed by atoms with Gasteiger partial charge < -0.3 is 5.11 Å². The summed E-state index contributed by atoms with van der Waals surface area (Å²) in [6.45, 7) is 0. The monoisotopic (exact) mass is 266 g/mol. The molecule has 0 heterocycles. The molecule has 0 amide bonds. The zero-order chi connectivity index (χ0) is 13.1. The van der Waals surface area contributed by atoms with E-state index in [9.17, 15) is 22.2 Å². The van der Waals surface area contributed by atoms with Gasteiger partial charge in [0.2, 0.25) is 0 Å². The number of carboxylic acids is 1. The molecule has 0 aliphatic carbocycles. The van der Waals surface area contributed by atoms with Crippen molar-refractivity contribution in [2.24, 2.45) is 0 Å². The van der Waals surface area contributed by atoms with Crippen LogP contribution in [0.4, 0.5) is 13.2 Å². The van der Waals surface area contributed by atoms with E-state index >= 15 is 0 Å². The predicted octanol–water partition coefficient (Wildman–Crippen LogP) is 2.44. The minimum atomic E-state index is -4.34. The Bertz CT molecular complexity index is 425. The van der Waals surface area contributed by atoms with E-state index in [0.717, 1.165) is 0 Å². The Hall–Kier alpha value is -1.37. The van der Waals surface area contributed by atoms with Crippen LogP contribution in [0.25, 0.3) is 0 Å². The zero-order valence-electron chi connectivity index (χ0n) is 8.53. The van der Waals surface area contributed by atoms with Crippen LogP contribution in [0.5, 0.6) is 0 Å². The minimum absolute atomic E-state index is 0.00145. The number of carbonyl (C=O) groups is 1. The Morgan fingerprint density at radius 2 is 1.76 bits per heavy atom. The van der Waals surface area contributed by atoms with Gasteiger partial charge in [0.05, 0.1) is 22.8 Å². The van der Waals surface area contributed by atoms with Gasteiger partial charge in [-0.25, -0.2) is 4.79 Å². The van der Waals surface area contributed by atoms with Gasteiger partial charge in [-0.15, -0.1) is 0 Å². The van der Waals surface area contributed by atoms with Crippen LogP contribution in [0.15, 0.2) is 29.2 Å². The van der Waals surface area contributed by atoms with E-state index in [0.29, 0.717) is 0 Å². The molecule has 1 atom stereocenters. The van der Waals surface area contributed by atoms with Crippen LogP contribution in [0.3, 0.4) is 0 Å². The molecule has 0 aliphatic heterocycles. The minimum Gasteiger partial charge on any atom is -0.478 e. The maximum absolute atomic E-state index is 11.9. The molecule has 1 aromatic rings. The van der Waals surface area contributed by atoms with E-state index in [4.69, 9.17) is 5.11 Å². The van der Waals surface area contributed by atoms with Crippen LogP contribution in [-0.2, 0) is 10.8 Å². The molecular weight excluding hydrogens is 257 g/mol. The standard InChI is InChI=1S/C10H9F3O3S/c11-10(12,13)5-6-17(16)8-3-1-7(2-4-8)9(14)15/h1-4H,5-6H2,(H,14,15). The lowest BCUT2D eigenvalue weighted by Gasteiger charge is -2.06. The fraction of sp³-hybridized carbons (Fsp3) is 0.300. The molecule has 94 valence electrons. The van der Waals surface area contributed by atoms with E-state index < -0.39 is 35.1 Å². The van der Waals surface area contributed by atoms with Crippen molar-refractivity contribution in [3.8, 4) is 0 Å². The summed E-state index contributed by atoms with van der Waals surface area (Å²) in [4.78, 5) is 10.7. The molecule has 0 spiro atoms. The van der Waals surface area contributed by atoms with E-state index in [1.54, 1.807) is 0 Å². The Kier molecular flexibility index (Phi) is 4.28. The van der Waals surface area contributed by atoms with Crippen LogP contribution in [0, 0.1) is 0 Å². The van der Waals surface area contributed by atoms with E-state index in [1.807, 2.05) is 0 Å². The van der Waals surface area contributed by atoms with Gasteiger partial charge in [-0.05, 0) is 24.3 Å². The predicted molar refractivity (Wildman–Crippen MR) is 55.3 cm³/mol. The highest BCUT2D eigenvalue weighted by atomic mass is 32.2. The summed E-state index contributed by atoms with van der Waals surface area (Å²) >= 11 is 0. The van der Waals surface area contributed by atoms with Crippen molar-refractivity contribution in [3.05, 3.63) is 29.8 Å². The molecule has 1 unspecified atom stereocenters. The van der Waals surface area contributed by atoms with Gasteiger partial charge in [0.25, 0.3) is 0 Å². The van der Waals surface area contributed by atoms with E-state index in [1.165, 1.54) is 24.3 Å². The number of benzene rings is 1. The number of rotatable bonds is 4. The first-order chi connectivity index (χ1) is 7.79. The molecule has 7 heteroatoms. The highest BCUT2D eigenvalue weighted by Crippen LogP contribution is 2.21. The molecule has 0 radical (unpaired) electrons. The second-order valence-corrected chi connectivity index (χ2v) is 4.82. The Morgan fingerprint density at radius 3 is 2.18 bits per heavy atom. The molecule has 0 aromatic heterocycles. The quantitative estimate of drug-likeness (QED) is 0.910. The maximum atomic E-state index is 11.9. The molecule has 17 heavy (non-hydrogen) atoms. The van der Waals surface area contributed by atoms with E-state index in [-0.39, 0.29) is 10.5 Å². The molecule has 0 aliphatic rings. The van der Waals surface area contributed by atoms with Crippen LogP contribution >= 0.6 is 0 Å². The summed E-state index contributed by atoms with van der Waals surface area (Å²) in [6.07, 6.45) is -5.46. The molecule has 1 aromatic carbocycles. The highest BCUT2D eigenvalue weighted by molar-refractivity contribution is 7.85. The molecule has 0 saturated heterocycles. The van der Waals surface area contributed by atoms with Crippen LogP contribution in [-0.4, -0.2) is 27.2 Å². The van der Waals surface area contributed by atoms with Crippen molar-refractivity contribution in [2.45, 2.75) is 17.5 Å². The zero-order valence-corrected chi connectivity index (χ0v) is 9.35. The Balaban J connectivity index is 2.67. The lowest BCUT2D eigenvalue weighted by molar-refractivity contribution is -0.129. The second kappa shape index (κ2) is 5.31. The normalized spacial score (nSPS) is 13.4. The molecule has 1 rings (SSSR count). The Morgan fingerprint density at radius 1 is 1.24 bits per heavy atom. The van der Waals surface area contributed by atoms with Gasteiger partial charge in [0.1, 0.15) is 0 Å². The molecule has 1 N–H and O–H groups in total. The topological polar surface area (TPSA) is 54.4 Å². The van der Waals surface area contributed by atoms with Gasteiger partial charge in [-0.2, -0.15) is 13.2 Å². The largest absolute Gasteiger partial charge is 0.478 e. The van der Waals surface area contributed by atoms with Gasteiger partial charge in [0.15, 0.2) is 0 Å². The summed E-state index contributed by atoms with van der Waals surface area (Å²) in [5.74, 6) is -1.66. The van der Waals surface area contributed by atoms with Crippen LogP contribution in [0.1, 0.15) is 16.8 Å². The fourth-order valence-electron chi connectivity index (χ4n) is 1.08. The van der Waals surface area contributed by atoms with Crippen molar-refractivity contribution in [2.75, 3.05) is 5.75 Å². The average Bonchev–Trinajstić information content (AvgIpc) is 2.25. The first-order valence-electron chi connectivity index (χ1n) is 4.58. The van der Waals surface area contributed by atoms with Crippen LogP contribution < -0.4 is 0 Å². The molecule has 0 saturated carbocycles. The summed E-state index contributed by atoms with van der Waals surface area (Å²) in [6, 6.07) is 4.94. The molecular formula is C10H9F3O3S. The van der Waals surface area contributed by atoms with Gasteiger partial charge in [0, 0.05) is 10.6 Å². The third-order valence-electron chi connectivity index (χ3n) is 1.94. The fourth-order valence-corrected chi connectivity index (χ4v) is 2.17. The van der Waals surface area contributed by atoms with Crippen molar-refractivity contribution in [1.29, 1.82) is 0 Å².